The van der Waals surface area contributed by atoms with E-state index in [0.29, 0.717) is 43.0 Å². The van der Waals surface area contributed by atoms with E-state index in [1.54, 1.807) is 29.4 Å². The average Bonchev–Trinajstić information content (AvgIpc) is 3.55. The SMILES string of the molecule is CC(C)CC(=O)N1CCN(c2cc(Cl)nc(-n3ccnc3)n2)C(CC(=O)Nc2ccc3c(c2)CCC3)C1. The van der Waals surface area contributed by atoms with Crippen LogP contribution in [0.15, 0.2) is 43.0 Å². The van der Waals surface area contributed by atoms with Crippen LogP contribution in [0.3, 0.4) is 0 Å². The lowest BCUT2D eigenvalue weighted by atomic mass is 10.0. The van der Waals surface area contributed by atoms with Crippen molar-refractivity contribution in [3.63, 3.8) is 0 Å². The fourth-order valence-electron chi connectivity index (χ4n) is 5.15. The molecule has 5 rings (SSSR count). The Morgan fingerprint density at radius 2 is 1.97 bits per heavy atom. The summed E-state index contributed by atoms with van der Waals surface area (Å²) in [5, 5.41) is 3.37. The van der Waals surface area contributed by atoms with Crippen molar-refractivity contribution < 1.29 is 9.59 Å². The van der Waals surface area contributed by atoms with Gasteiger partial charge in [-0.05, 0) is 48.4 Å². The average molecular weight is 522 g/mol. The van der Waals surface area contributed by atoms with Gasteiger partial charge in [0, 0.05) is 56.6 Å². The molecule has 1 N–H and O–H groups in total. The Hall–Kier alpha value is -3.46. The minimum Gasteiger partial charge on any atom is -0.349 e. The highest BCUT2D eigenvalue weighted by Crippen LogP contribution is 2.27. The van der Waals surface area contributed by atoms with Crippen molar-refractivity contribution in [2.24, 2.45) is 5.92 Å². The van der Waals surface area contributed by atoms with Gasteiger partial charge in [-0.1, -0.05) is 31.5 Å². The molecule has 0 spiro atoms. The van der Waals surface area contributed by atoms with E-state index in [-0.39, 0.29) is 30.2 Å². The molecule has 1 aliphatic heterocycles. The first-order valence-corrected chi connectivity index (χ1v) is 13.2. The van der Waals surface area contributed by atoms with Crippen molar-refractivity contribution in [1.29, 1.82) is 0 Å². The molecule has 194 valence electrons. The fourth-order valence-corrected chi connectivity index (χ4v) is 5.32. The highest BCUT2D eigenvalue weighted by Gasteiger charge is 2.32. The quantitative estimate of drug-likeness (QED) is 0.474. The molecule has 1 aliphatic carbocycles. The predicted octanol–water partition coefficient (Wildman–Crippen LogP) is 3.90. The Balaban J connectivity index is 1.37. The first-order valence-electron chi connectivity index (χ1n) is 12.8. The van der Waals surface area contributed by atoms with Gasteiger partial charge < -0.3 is 15.1 Å². The second-order valence-electron chi connectivity index (χ2n) is 10.2. The third kappa shape index (κ3) is 5.93. The highest BCUT2D eigenvalue weighted by molar-refractivity contribution is 6.29. The zero-order chi connectivity index (χ0) is 25.9. The van der Waals surface area contributed by atoms with Crippen LogP contribution in [0.1, 0.15) is 44.2 Å². The first kappa shape index (κ1) is 25.2. The number of rotatable bonds is 7. The molecule has 2 aromatic heterocycles. The maximum absolute atomic E-state index is 13.2. The number of fused-ring (bicyclic) bond motifs is 1. The van der Waals surface area contributed by atoms with Crippen LogP contribution in [0.25, 0.3) is 5.95 Å². The predicted molar refractivity (Wildman–Crippen MR) is 143 cm³/mol. The summed E-state index contributed by atoms with van der Waals surface area (Å²) in [5.74, 6) is 1.31. The Kier molecular flexibility index (Phi) is 7.41. The minimum absolute atomic E-state index is 0.0962. The van der Waals surface area contributed by atoms with Gasteiger partial charge in [-0.15, -0.1) is 0 Å². The van der Waals surface area contributed by atoms with Gasteiger partial charge in [-0.25, -0.2) is 9.97 Å². The molecular formula is C27H32ClN7O2. The Labute approximate surface area is 221 Å². The summed E-state index contributed by atoms with van der Waals surface area (Å²) in [5.41, 5.74) is 3.49. The van der Waals surface area contributed by atoms with Crippen LogP contribution in [0.2, 0.25) is 5.15 Å². The molecule has 10 heteroatoms. The Morgan fingerprint density at radius 3 is 2.76 bits per heavy atom. The second-order valence-corrected chi connectivity index (χ2v) is 10.6. The summed E-state index contributed by atoms with van der Waals surface area (Å²) < 4.78 is 1.69. The number of carbonyl (C=O) groups is 2. The summed E-state index contributed by atoms with van der Waals surface area (Å²) in [4.78, 5) is 43.2. The monoisotopic (exact) mass is 521 g/mol. The minimum atomic E-state index is -0.263. The van der Waals surface area contributed by atoms with E-state index in [4.69, 9.17) is 16.6 Å². The Bertz CT molecular complexity index is 1280. The van der Waals surface area contributed by atoms with Gasteiger partial charge in [-0.2, -0.15) is 4.98 Å². The smallest absolute Gasteiger partial charge is 0.238 e. The molecule has 1 fully saturated rings. The molecule has 2 amide bonds. The molecule has 1 aromatic carbocycles. The van der Waals surface area contributed by atoms with Crippen LogP contribution in [-0.4, -0.2) is 61.9 Å². The van der Waals surface area contributed by atoms with Gasteiger partial charge in [-0.3, -0.25) is 14.2 Å². The number of hydrogen-bond acceptors (Lipinski definition) is 6. The lowest BCUT2D eigenvalue weighted by molar-refractivity contribution is -0.133. The second kappa shape index (κ2) is 10.9. The van der Waals surface area contributed by atoms with E-state index < -0.39 is 0 Å². The topological polar surface area (TPSA) is 96.2 Å². The van der Waals surface area contributed by atoms with E-state index in [1.165, 1.54) is 11.1 Å². The number of anilines is 2. The molecule has 0 bridgehead atoms. The highest BCUT2D eigenvalue weighted by atomic mass is 35.5. The van der Waals surface area contributed by atoms with Crippen molar-refractivity contribution in [2.45, 2.75) is 52.0 Å². The number of piperazine rings is 1. The maximum atomic E-state index is 13.2. The number of nitrogens with one attached hydrogen (secondary N) is 1. The zero-order valence-electron chi connectivity index (χ0n) is 21.2. The van der Waals surface area contributed by atoms with E-state index in [2.05, 4.69) is 32.3 Å². The normalized spacial score (nSPS) is 17.2. The van der Waals surface area contributed by atoms with Gasteiger partial charge in [0.25, 0.3) is 0 Å². The van der Waals surface area contributed by atoms with Crippen LogP contribution >= 0.6 is 11.6 Å². The zero-order valence-corrected chi connectivity index (χ0v) is 22.0. The lowest BCUT2D eigenvalue weighted by Crippen LogP contribution is -2.56. The van der Waals surface area contributed by atoms with Crippen LogP contribution in [-0.2, 0) is 22.4 Å². The Morgan fingerprint density at radius 1 is 1.14 bits per heavy atom. The fraction of sp³-hybridized carbons (Fsp3) is 0.444. The first-order chi connectivity index (χ1) is 17.9. The molecule has 3 aromatic rings. The van der Waals surface area contributed by atoms with Crippen LogP contribution in [0.4, 0.5) is 11.5 Å². The number of carbonyl (C=O) groups excluding carboxylic acids is 2. The summed E-state index contributed by atoms with van der Waals surface area (Å²) >= 11 is 6.37. The van der Waals surface area contributed by atoms with Crippen LogP contribution < -0.4 is 10.2 Å². The molecule has 1 unspecified atom stereocenters. The van der Waals surface area contributed by atoms with E-state index >= 15 is 0 Å². The molecule has 9 nitrogen and oxygen atoms in total. The van der Waals surface area contributed by atoms with Gasteiger partial charge >= 0.3 is 0 Å². The van der Waals surface area contributed by atoms with Gasteiger partial charge in [0.15, 0.2) is 0 Å². The van der Waals surface area contributed by atoms with Gasteiger partial charge in [0.2, 0.25) is 17.8 Å². The molecule has 1 saturated heterocycles. The molecule has 37 heavy (non-hydrogen) atoms. The van der Waals surface area contributed by atoms with Crippen LogP contribution in [0.5, 0.6) is 0 Å². The van der Waals surface area contributed by atoms with Crippen molar-refractivity contribution in [1.82, 2.24) is 24.4 Å². The van der Waals surface area contributed by atoms with E-state index in [9.17, 15) is 9.59 Å². The number of imidazole rings is 1. The van der Waals surface area contributed by atoms with Crippen molar-refractivity contribution in [3.8, 4) is 5.95 Å². The molecule has 0 radical (unpaired) electrons. The van der Waals surface area contributed by atoms with Gasteiger partial charge in [0.1, 0.15) is 17.3 Å². The van der Waals surface area contributed by atoms with Crippen molar-refractivity contribution >= 4 is 34.9 Å². The standard InChI is InChI=1S/C27H32ClN7O2/c1-18(2)12-26(37)33-10-11-35(24-15-23(28)31-27(32-24)34-9-8-29-17-34)22(16-33)14-25(36)30-21-7-6-19-4-3-5-20(19)13-21/h6-9,13,15,17-18,22H,3-5,10-12,14,16H2,1-2H3,(H,30,36). The van der Waals surface area contributed by atoms with Crippen LogP contribution in [0, 0.1) is 5.92 Å². The van der Waals surface area contributed by atoms with Crippen molar-refractivity contribution in [3.05, 3.63) is 59.3 Å². The number of halogens is 1. The van der Waals surface area contributed by atoms with E-state index in [0.717, 1.165) is 24.9 Å². The number of aromatic nitrogens is 4. The molecular weight excluding hydrogens is 490 g/mol. The molecule has 2 aliphatic rings. The summed E-state index contributed by atoms with van der Waals surface area (Å²) in [7, 11) is 0. The number of aryl methyl sites for hydroxylation is 2. The third-order valence-corrected chi connectivity index (χ3v) is 7.11. The summed E-state index contributed by atoms with van der Waals surface area (Å²) in [6, 6.07) is 7.61. The number of hydrogen-bond donors (Lipinski definition) is 1. The van der Waals surface area contributed by atoms with E-state index in [1.807, 2.05) is 24.8 Å². The maximum Gasteiger partial charge on any atom is 0.238 e. The summed E-state index contributed by atoms with van der Waals surface area (Å²) in [6.07, 6.45) is 9.02. The molecule has 3 heterocycles. The molecule has 0 saturated carbocycles. The number of amides is 2. The van der Waals surface area contributed by atoms with Gasteiger partial charge in [0.05, 0.1) is 6.04 Å². The molecule has 1 atom stereocenters. The number of nitrogens with zero attached hydrogens (tertiary/aromatic N) is 6. The van der Waals surface area contributed by atoms with Crippen molar-refractivity contribution in [2.75, 3.05) is 29.9 Å². The largest absolute Gasteiger partial charge is 0.349 e. The lowest BCUT2D eigenvalue weighted by Gasteiger charge is -2.42. The number of benzene rings is 1. The third-order valence-electron chi connectivity index (χ3n) is 6.92. The summed E-state index contributed by atoms with van der Waals surface area (Å²) in [6.45, 7) is 5.60.